The van der Waals surface area contributed by atoms with E-state index in [1.165, 1.54) is 5.56 Å². The van der Waals surface area contributed by atoms with Gasteiger partial charge in [-0.15, -0.1) is 0 Å². The summed E-state index contributed by atoms with van der Waals surface area (Å²) in [7, 11) is 0. The van der Waals surface area contributed by atoms with Gasteiger partial charge in [-0.25, -0.2) is 9.59 Å². The summed E-state index contributed by atoms with van der Waals surface area (Å²) in [6, 6.07) is 22.3. The van der Waals surface area contributed by atoms with Gasteiger partial charge < -0.3 is 26.0 Å². The summed E-state index contributed by atoms with van der Waals surface area (Å²) in [5.41, 5.74) is 8.75. The minimum Gasteiger partial charge on any atom is -0.450 e. The van der Waals surface area contributed by atoms with Crippen molar-refractivity contribution in [2.24, 2.45) is 5.73 Å². The SMILES string of the molecule is CC1(c2ccc3cc(C(=N)N)ccc3c2)CCC(NC(=O)OCc2ccccc2)CC1.O=C(O)O. The first-order chi connectivity index (χ1) is 16.7. The highest BCUT2D eigenvalue weighted by molar-refractivity contribution is 5.99. The molecule has 0 radical (unpaired) electrons. The lowest BCUT2D eigenvalue weighted by Crippen LogP contribution is -2.41. The number of hydrogen-bond donors (Lipinski definition) is 5. The number of rotatable bonds is 5. The van der Waals surface area contributed by atoms with Gasteiger partial charge in [0.1, 0.15) is 12.4 Å². The standard InChI is InChI=1S/C26H29N3O2.CH2O3/c1-26(22-10-9-19-15-21(24(27)28)8-7-20(19)16-22)13-11-23(12-14-26)29-25(30)31-17-18-5-3-2-4-6-18;2-1(3)4/h2-10,15-16,23H,11-14,17H2,1H3,(H3,27,28)(H,29,30);(H2,2,3,4). The molecule has 6 N–H and O–H groups in total. The van der Waals surface area contributed by atoms with Crippen LogP contribution in [-0.2, 0) is 16.8 Å². The van der Waals surface area contributed by atoms with E-state index in [0.717, 1.165) is 47.6 Å². The Hall–Kier alpha value is -4.07. The number of nitrogen functional groups attached to an aromatic ring is 1. The molecule has 0 bridgehead atoms. The Morgan fingerprint density at radius 2 is 1.63 bits per heavy atom. The molecule has 1 aliphatic rings. The van der Waals surface area contributed by atoms with Crippen LogP contribution in [0, 0.1) is 5.41 Å². The van der Waals surface area contributed by atoms with Crippen molar-refractivity contribution in [3.8, 4) is 0 Å². The molecule has 1 amide bonds. The van der Waals surface area contributed by atoms with Gasteiger partial charge in [0.2, 0.25) is 0 Å². The van der Waals surface area contributed by atoms with Crippen molar-refractivity contribution in [2.75, 3.05) is 0 Å². The molecular formula is C27H31N3O5. The zero-order valence-corrected chi connectivity index (χ0v) is 19.7. The van der Waals surface area contributed by atoms with E-state index in [-0.39, 0.29) is 23.4 Å². The van der Waals surface area contributed by atoms with Crippen LogP contribution in [-0.4, -0.2) is 34.3 Å². The van der Waals surface area contributed by atoms with Crippen molar-refractivity contribution in [3.05, 3.63) is 83.4 Å². The molecule has 1 fully saturated rings. The fourth-order valence-electron chi connectivity index (χ4n) is 4.41. The normalized spacial score (nSPS) is 19.2. The first kappa shape index (κ1) is 25.6. The molecule has 0 saturated heterocycles. The molecule has 0 spiro atoms. The van der Waals surface area contributed by atoms with Gasteiger partial charge in [0, 0.05) is 11.6 Å². The van der Waals surface area contributed by atoms with E-state index in [0.29, 0.717) is 6.61 Å². The molecule has 1 aliphatic carbocycles. The number of amidine groups is 1. The smallest absolute Gasteiger partial charge is 0.450 e. The number of carbonyl (C=O) groups excluding carboxylic acids is 1. The zero-order valence-electron chi connectivity index (χ0n) is 19.7. The molecular weight excluding hydrogens is 446 g/mol. The van der Waals surface area contributed by atoms with Gasteiger partial charge in [-0.1, -0.05) is 67.6 Å². The molecule has 8 nitrogen and oxygen atoms in total. The van der Waals surface area contributed by atoms with Crippen LogP contribution >= 0.6 is 0 Å². The number of carbonyl (C=O) groups is 2. The maximum absolute atomic E-state index is 12.2. The lowest BCUT2D eigenvalue weighted by molar-refractivity contribution is 0.130. The fourth-order valence-corrected chi connectivity index (χ4v) is 4.41. The van der Waals surface area contributed by atoms with E-state index in [1.807, 2.05) is 48.5 Å². The second-order valence-electron chi connectivity index (χ2n) is 9.01. The highest BCUT2D eigenvalue weighted by Gasteiger charge is 2.33. The van der Waals surface area contributed by atoms with Crippen molar-refractivity contribution in [1.82, 2.24) is 5.32 Å². The minimum absolute atomic E-state index is 0.0829. The van der Waals surface area contributed by atoms with Gasteiger partial charge in [-0.2, -0.15) is 0 Å². The Kier molecular flexibility index (Phi) is 8.30. The lowest BCUT2D eigenvalue weighted by atomic mass is 9.69. The maximum Gasteiger partial charge on any atom is 0.503 e. The molecule has 3 aromatic rings. The van der Waals surface area contributed by atoms with Crippen molar-refractivity contribution in [3.63, 3.8) is 0 Å². The van der Waals surface area contributed by atoms with Crippen molar-refractivity contribution in [1.29, 1.82) is 5.41 Å². The second kappa shape index (κ2) is 11.4. The average molecular weight is 478 g/mol. The van der Waals surface area contributed by atoms with Crippen LogP contribution in [0.4, 0.5) is 9.59 Å². The number of alkyl carbamates (subject to hydrolysis) is 1. The van der Waals surface area contributed by atoms with E-state index in [9.17, 15) is 4.79 Å². The molecule has 0 heterocycles. The molecule has 8 heteroatoms. The van der Waals surface area contributed by atoms with Gasteiger partial charge in [-0.3, -0.25) is 5.41 Å². The average Bonchev–Trinajstić information content (AvgIpc) is 2.84. The number of ether oxygens (including phenoxy) is 1. The topological polar surface area (TPSA) is 146 Å². The Balaban J connectivity index is 0.000000795. The number of amides is 1. The van der Waals surface area contributed by atoms with Gasteiger partial charge in [0.25, 0.3) is 0 Å². The van der Waals surface area contributed by atoms with Gasteiger partial charge in [0.05, 0.1) is 0 Å². The first-order valence-electron chi connectivity index (χ1n) is 11.4. The summed E-state index contributed by atoms with van der Waals surface area (Å²) in [6.07, 6.45) is 1.70. The predicted octanol–water partition coefficient (Wildman–Crippen LogP) is 5.47. The number of hydrogen-bond acceptors (Lipinski definition) is 4. The molecule has 0 unspecified atom stereocenters. The van der Waals surface area contributed by atoms with E-state index in [2.05, 4.69) is 30.4 Å². The Morgan fingerprint density at radius 1 is 1.03 bits per heavy atom. The van der Waals surface area contributed by atoms with Gasteiger partial charge in [0.15, 0.2) is 0 Å². The number of nitrogens with one attached hydrogen (secondary N) is 2. The van der Waals surface area contributed by atoms with E-state index >= 15 is 0 Å². The first-order valence-corrected chi connectivity index (χ1v) is 11.4. The Morgan fingerprint density at radius 3 is 2.26 bits per heavy atom. The molecule has 0 aliphatic heterocycles. The van der Waals surface area contributed by atoms with Crippen molar-refractivity contribution < 1.29 is 24.5 Å². The number of nitrogens with two attached hydrogens (primary N) is 1. The van der Waals surface area contributed by atoms with Crippen molar-refractivity contribution >= 4 is 28.9 Å². The van der Waals surface area contributed by atoms with E-state index < -0.39 is 6.16 Å². The summed E-state index contributed by atoms with van der Waals surface area (Å²) < 4.78 is 5.37. The summed E-state index contributed by atoms with van der Waals surface area (Å²) in [4.78, 5) is 20.7. The number of carboxylic acid groups (broad SMARTS) is 2. The van der Waals surface area contributed by atoms with Crippen LogP contribution < -0.4 is 11.1 Å². The number of benzene rings is 3. The molecule has 35 heavy (non-hydrogen) atoms. The van der Waals surface area contributed by atoms with Crippen LogP contribution in [0.2, 0.25) is 0 Å². The fraction of sp³-hybridized carbons (Fsp3) is 0.296. The second-order valence-corrected chi connectivity index (χ2v) is 9.01. The highest BCUT2D eigenvalue weighted by atomic mass is 16.6. The van der Waals surface area contributed by atoms with E-state index in [4.69, 9.17) is 30.9 Å². The molecule has 0 atom stereocenters. The van der Waals surface area contributed by atoms with Crippen LogP contribution in [0.25, 0.3) is 10.8 Å². The van der Waals surface area contributed by atoms with Crippen LogP contribution in [0.3, 0.4) is 0 Å². The zero-order chi connectivity index (χ0) is 25.4. The van der Waals surface area contributed by atoms with Crippen LogP contribution in [0.15, 0.2) is 66.7 Å². The third kappa shape index (κ3) is 7.20. The Labute approximate surface area is 204 Å². The molecule has 184 valence electrons. The predicted molar refractivity (Wildman–Crippen MR) is 135 cm³/mol. The quantitative estimate of drug-likeness (QED) is 0.243. The molecule has 4 rings (SSSR count). The summed E-state index contributed by atoms with van der Waals surface area (Å²) in [5, 5.41) is 26.9. The maximum atomic E-state index is 12.2. The summed E-state index contributed by atoms with van der Waals surface area (Å²) in [6.45, 7) is 2.60. The Bertz CT molecular complexity index is 1180. The highest BCUT2D eigenvalue weighted by Crippen LogP contribution is 2.40. The molecule has 3 aromatic carbocycles. The number of fused-ring (bicyclic) bond motifs is 1. The van der Waals surface area contributed by atoms with Gasteiger partial charge >= 0.3 is 12.2 Å². The monoisotopic (exact) mass is 477 g/mol. The van der Waals surface area contributed by atoms with Crippen molar-refractivity contribution in [2.45, 2.75) is 50.7 Å². The summed E-state index contributed by atoms with van der Waals surface area (Å²) >= 11 is 0. The minimum atomic E-state index is -1.83. The largest absolute Gasteiger partial charge is 0.503 e. The molecule has 1 saturated carbocycles. The third-order valence-corrected chi connectivity index (χ3v) is 6.47. The van der Waals surface area contributed by atoms with Crippen LogP contribution in [0.1, 0.15) is 49.3 Å². The summed E-state index contributed by atoms with van der Waals surface area (Å²) in [5.74, 6) is 0.0889. The lowest BCUT2D eigenvalue weighted by Gasteiger charge is -2.38. The van der Waals surface area contributed by atoms with E-state index in [1.54, 1.807) is 0 Å². The third-order valence-electron chi connectivity index (χ3n) is 6.47. The molecule has 0 aromatic heterocycles. The van der Waals surface area contributed by atoms with Crippen LogP contribution in [0.5, 0.6) is 0 Å². The van der Waals surface area contributed by atoms with Gasteiger partial charge in [-0.05, 0) is 59.1 Å².